The number of aromatic nitrogens is 2. The lowest BCUT2D eigenvalue weighted by Crippen LogP contribution is -2.58. The Bertz CT molecular complexity index is 1110. The molecule has 1 aromatic heterocycles. The molecule has 2 atom stereocenters. The molecule has 0 radical (unpaired) electrons. The molecule has 150 valence electrons. The maximum absolute atomic E-state index is 12.3. The van der Waals surface area contributed by atoms with Crippen molar-refractivity contribution < 1.29 is 9.90 Å². The molecule has 1 saturated heterocycles. The Morgan fingerprint density at radius 2 is 2.03 bits per heavy atom. The van der Waals surface area contributed by atoms with Crippen LogP contribution in [0.4, 0.5) is 0 Å². The topological polar surface area (TPSA) is 94.2 Å². The molecule has 3 N–H and O–H groups in total. The van der Waals surface area contributed by atoms with Crippen LogP contribution in [0.25, 0.3) is 16.7 Å². The molecule has 4 rings (SSSR count). The predicted molar refractivity (Wildman–Crippen MR) is 112 cm³/mol. The highest BCUT2D eigenvalue weighted by molar-refractivity contribution is 5.98. The van der Waals surface area contributed by atoms with Crippen LogP contribution in [0.1, 0.15) is 43.3 Å². The van der Waals surface area contributed by atoms with E-state index < -0.39 is 11.6 Å². The minimum absolute atomic E-state index is 0.0865. The number of carbonyl (C=O) groups excluding carboxylic acids is 1. The minimum Gasteiger partial charge on any atom is -0.389 e. The predicted octanol–water partition coefficient (Wildman–Crippen LogP) is 2.99. The fourth-order valence-electron chi connectivity index (χ4n) is 3.90. The summed E-state index contributed by atoms with van der Waals surface area (Å²) in [6.07, 6.45) is -0.270. The standard InChI is InChI=1S/C22H25N5O2/c1-13(28)15-8-9-19-18(10-15)24-14(2)27(19)17-7-5-6-16(11-17)22(3)12-20(29)26(4)21(23)25-22/h5-11,13,28H,12H2,1-4H3,(H2,23,25)/t13?,22-/m0/s1. The zero-order valence-corrected chi connectivity index (χ0v) is 17.0. The van der Waals surface area contributed by atoms with Crippen LogP contribution in [0.5, 0.6) is 0 Å². The zero-order valence-electron chi connectivity index (χ0n) is 17.0. The first kappa shape index (κ1) is 19.1. The van der Waals surface area contributed by atoms with Gasteiger partial charge < -0.3 is 10.4 Å². The Kier molecular flexibility index (Phi) is 4.42. The van der Waals surface area contributed by atoms with Crippen LogP contribution in [0, 0.1) is 12.3 Å². The number of nitrogens with one attached hydrogen (secondary N) is 2. The quantitative estimate of drug-likeness (QED) is 0.640. The number of benzene rings is 2. The molecule has 1 aliphatic heterocycles. The zero-order chi connectivity index (χ0) is 20.9. The van der Waals surface area contributed by atoms with Gasteiger partial charge in [-0.05, 0) is 56.2 Å². The molecular weight excluding hydrogens is 366 g/mol. The first-order chi connectivity index (χ1) is 13.7. The average molecular weight is 391 g/mol. The first-order valence-electron chi connectivity index (χ1n) is 9.61. The second kappa shape index (κ2) is 6.70. The van der Waals surface area contributed by atoms with Crippen LogP contribution < -0.4 is 5.32 Å². The summed E-state index contributed by atoms with van der Waals surface area (Å²) in [5.74, 6) is 0.853. The third kappa shape index (κ3) is 3.17. The van der Waals surface area contributed by atoms with Crippen LogP contribution in [-0.4, -0.2) is 38.5 Å². The number of imidazole rings is 1. The molecule has 2 aromatic carbocycles. The van der Waals surface area contributed by atoms with Gasteiger partial charge in [-0.15, -0.1) is 0 Å². The average Bonchev–Trinajstić information content (AvgIpc) is 3.01. The number of nitrogens with zero attached hydrogens (tertiary/aromatic N) is 3. The summed E-state index contributed by atoms with van der Waals surface area (Å²) in [4.78, 5) is 18.3. The van der Waals surface area contributed by atoms with Crippen molar-refractivity contribution in [3.8, 4) is 5.69 Å². The molecule has 29 heavy (non-hydrogen) atoms. The molecule has 3 aromatic rings. The van der Waals surface area contributed by atoms with Gasteiger partial charge in [0.1, 0.15) is 5.82 Å². The van der Waals surface area contributed by atoms with Gasteiger partial charge in [-0.1, -0.05) is 18.2 Å². The fourth-order valence-corrected chi connectivity index (χ4v) is 3.90. The summed E-state index contributed by atoms with van der Waals surface area (Å²) in [5.41, 5.74) is 3.83. The summed E-state index contributed by atoms with van der Waals surface area (Å²) in [6.45, 7) is 5.63. The van der Waals surface area contributed by atoms with Crippen molar-refractivity contribution >= 4 is 22.9 Å². The van der Waals surface area contributed by atoms with Gasteiger partial charge in [0, 0.05) is 12.7 Å². The van der Waals surface area contributed by atoms with Gasteiger partial charge in [-0.3, -0.25) is 19.7 Å². The largest absolute Gasteiger partial charge is 0.389 e. The van der Waals surface area contributed by atoms with Gasteiger partial charge in [0.15, 0.2) is 5.96 Å². The minimum atomic E-state index is -0.652. The van der Waals surface area contributed by atoms with Crippen molar-refractivity contribution in [2.45, 2.75) is 38.8 Å². The highest BCUT2D eigenvalue weighted by atomic mass is 16.3. The molecule has 2 heterocycles. The van der Waals surface area contributed by atoms with Crippen LogP contribution in [-0.2, 0) is 10.3 Å². The molecule has 0 spiro atoms. The summed E-state index contributed by atoms with van der Waals surface area (Å²) in [6, 6.07) is 13.8. The Labute approximate surface area is 169 Å². The number of aliphatic hydroxyl groups excluding tert-OH is 1. The van der Waals surface area contributed by atoms with Crippen LogP contribution in [0.15, 0.2) is 42.5 Å². The number of guanidine groups is 1. The number of aliphatic hydroxyl groups is 1. The van der Waals surface area contributed by atoms with Crippen molar-refractivity contribution in [1.29, 1.82) is 5.41 Å². The third-order valence-corrected chi connectivity index (χ3v) is 5.68. The molecule has 1 fully saturated rings. The molecule has 7 nitrogen and oxygen atoms in total. The Hall–Kier alpha value is -3.19. The van der Waals surface area contributed by atoms with E-state index in [1.807, 2.05) is 56.3 Å². The molecule has 0 bridgehead atoms. The number of aryl methyl sites for hydroxylation is 1. The van der Waals surface area contributed by atoms with E-state index in [2.05, 4.69) is 14.9 Å². The van der Waals surface area contributed by atoms with Crippen LogP contribution >= 0.6 is 0 Å². The highest BCUT2D eigenvalue weighted by Crippen LogP contribution is 2.31. The lowest BCUT2D eigenvalue weighted by atomic mass is 9.86. The van der Waals surface area contributed by atoms with Crippen molar-refractivity contribution in [3.05, 3.63) is 59.4 Å². The Morgan fingerprint density at radius 3 is 2.72 bits per heavy atom. The molecule has 7 heteroatoms. The number of amides is 1. The summed E-state index contributed by atoms with van der Waals surface area (Å²) >= 11 is 0. The van der Waals surface area contributed by atoms with E-state index in [1.165, 1.54) is 4.90 Å². The Balaban J connectivity index is 1.79. The molecule has 1 amide bonds. The van der Waals surface area contributed by atoms with E-state index in [4.69, 9.17) is 5.41 Å². The smallest absolute Gasteiger partial charge is 0.231 e. The lowest BCUT2D eigenvalue weighted by Gasteiger charge is -2.39. The van der Waals surface area contributed by atoms with Crippen LogP contribution in [0.3, 0.4) is 0 Å². The van der Waals surface area contributed by atoms with E-state index in [0.717, 1.165) is 33.7 Å². The van der Waals surface area contributed by atoms with Crippen molar-refractivity contribution in [2.24, 2.45) is 0 Å². The van der Waals surface area contributed by atoms with Crippen molar-refractivity contribution in [2.75, 3.05) is 7.05 Å². The molecule has 1 unspecified atom stereocenters. The van der Waals surface area contributed by atoms with E-state index in [0.29, 0.717) is 0 Å². The molecule has 1 aliphatic rings. The second-order valence-electron chi connectivity index (χ2n) is 7.90. The van der Waals surface area contributed by atoms with Gasteiger partial charge in [0.05, 0.1) is 29.1 Å². The summed E-state index contributed by atoms with van der Waals surface area (Å²) in [7, 11) is 1.61. The molecule has 0 aliphatic carbocycles. The molecular formula is C22H25N5O2. The summed E-state index contributed by atoms with van der Waals surface area (Å²) < 4.78 is 2.07. The normalized spacial score (nSPS) is 20.8. The highest BCUT2D eigenvalue weighted by Gasteiger charge is 2.38. The number of carbonyl (C=O) groups is 1. The maximum atomic E-state index is 12.3. The van der Waals surface area contributed by atoms with Crippen LogP contribution in [0.2, 0.25) is 0 Å². The maximum Gasteiger partial charge on any atom is 0.231 e. The first-order valence-corrected chi connectivity index (χ1v) is 9.61. The van der Waals surface area contributed by atoms with Gasteiger partial charge >= 0.3 is 0 Å². The van der Waals surface area contributed by atoms with E-state index in [-0.39, 0.29) is 18.3 Å². The van der Waals surface area contributed by atoms with Crippen molar-refractivity contribution in [3.63, 3.8) is 0 Å². The number of hydrogen-bond donors (Lipinski definition) is 3. The van der Waals surface area contributed by atoms with Gasteiger partial charge in [-0.2, -0.15) is 0 Å². The number of rotatable bonds is 3. The fraction of sp³-hybridized carbons (Fsp3) is 0.318. The van der Waals surface area contributed by atoms with Gasteiger partial charge in [-0.25, -0.2) is 4.98 Å². The van der Waals surface area contributed by atoms with Crippen molar-refractivity contribution in [1.82, 2.24) is 19.8 Å². The number of fused-ring (bicyclic) bond motifs is 1. The number of hydrogen-bond acceptors (Lipinski definition) is 4. The lowest BCUT2D eigenvalue weighted by molar-refractivity contribution is -0.129. The van der Waals surface area contributed by atoms with E-state index in [1.54, 1.807) is 14.0 Å². The Morgan fingerprint density at radius 1 is 1.28 bits per heavy atom. The SMILES string of the molecule is Cc1nc2cc(C(C)O)ccc2n1-c1cccc([C@]2(C)CC(=O)N(C)C(=N)N2)c1. The summed E-state index contributed by atoms with van der Waals surface area (Å²) in [5, 5.41) is 21.1. The molecule has 0 saturated carbocycles. The third-order valence-electron chi connectivity index (χ3n) is 5.68. The van der Waals surface area contributed by atoms with E-state index in [9.17, 15) is 9.90 Å². The second-order valence-corrected chi connectivity index (χ2v) is 7.90. The van der Waals surface area contributed by atoms with Gasteiger partial charge in [0.2, 0.25) is 5.91 Å². The van der Waals surface area contributed by atoms with Gasteiger partial charge in [0.25, 0.3) is 0 Å². The monoisotopic (exact) mass is 391 g/mol. The van der Waals surface area contributed by atoms with E-state index >= 15 is 0 Å².